The maximum atomic E-state index is 11.8. The Kier molecular flexibility index (Phi) is 9.20. The molecule has 2 unspecified atom stereocenters. The molecule has 158 valence electrons. The zero-order chi connectivity index (χ0) is 20.1. The Morgan fingerprint density at radius 2 is 2.04 bits per heavy atom. The second-order valence-corrected chi connectivity index (χ2v) is 7.85. The van der Waals surface area contributed by atoms with Gasteiger partial charge < -0.3 is 20.7 Å². The number of nitrogens with zero attached hydrogens (tertiary/aromatic N) is 1. The lowest BCUT2D eigenvalue weighted by Gasteiger charge is -2.59. The lowest BCUT2D eigenvalue weighted by molar-refractivity contribution is -0.176. The minimum atomic E-state index is -0.109. The number of amides is 1. The number of rotatable bonds is 7. The van der Waals surface area contributed by atoms with Crippen LogP contribution in [0.5, 0.6) is 0 Å². The summed E-state index contributed by atoms with van der Waals surface area (Å²) >= 11 is 0. The fourth-order valence-electron chi connectivity index (χ4n) is 3.52. The molecular weight excluding hydrogens is 467 g/mol. The first-order chi connectivity index (χ1) is 12.8. The number of hydrogen-bond donors (Lipinski definition) is 3. The molecule has 7 heteroatoms. The number of aliphatic imine (C=N–C) groups is 1. The summed E-state index contributed by atoms with van der Waals surface area (Å²) in [6.07, 6.45) is 1.74. The first-order valence-corrected chi connectivity index (χ1v) is 9.68. The van der Waals surface area contributed by atoms with Crippen molar-refractivity contribution >= 4 is 35.8 Å². The fourth-order valence-corrected chi connectivity index (χ4v) is 3.52. The molecule has 1 fully saturated rings. The van der Waals surface area contributed by atoms with E-state index >= 15 is 0 Å². The Hall–Kier alpha value is -1.35. The van der Waals surface area contributed by atoms with Crippen molar-refractivity contribution in [2.45, 2.75) is 52.2 Å². The number of guanidine groups is 1. The second-order valence-electron chi connectivity index (χ2n) is 7.85. The Morgan fingerprint density at radius 3 is 2.61 bits per heavy atom. The molecule has 3 N–H and O–H groups in total. The molecule has 2 rings (SSSR count). The summed E-state index contributed by atoms with van der Waals surface area (Å²) < 4.78 is 5.71. The maximum absolute atomic E-state index is 11.8. The lowest BCUT2D eigenvalue weighted by Crippen LogP contribution is -2.69. The maximum Gasteiger partial charge on any atom is 0.251 e. The minimum absolute atomic E-state index is 0. The molecule has 1 saturated carbocycles. The summed E-state index contributed by atoms with van der Waals surface area (Å²) in [6, 6.07) is 8.00. The van der Waals surface area contributed by atoms with E-state index in [0.717, 1.165) is 30.9 Å². The van der Waals surface area contributed by atoms with Crippen molar-refractivity contribution in [1.29, 1.82) is 0 Å². The van der Waals surface area contributed by atoms with Crippen molar-refractivity contribution < 1.29 is 9.53 Å². The Bertz CT molecular complexity index is 693. The third-order valence-corrected chi connectivity index (χ3v) is 6.02. The molecule has 0 heterocycles. The number of nitrogens with one attached hydrogen (secondary N) is 3. The van der Waals surface area contributed by atoms with E-state index in [1.54, 1.807) is 14.2 Å². The van der Waals surface area contributed by atoms with Gasteiger partial charge in [-0.05, 0) is 44.4 Å². The van der Waals surface area contributed by atoms with Crippen LogP contribution in [0.15, 0.2) is 29.3 Å². The standard InChI is InChI=1S/C21H34N4O2.HI/c1-7-23-19(25-17-14-21(4,27-6)20(17,2)3)24-12-11-15-9-8-10-16(13-15)18(26)22-5;/h8-10,13,17H,7,11-12,14H2,1-6H3,(H,22,26)(H2,23,24,25);1H. The summed E-state index contributed by atoms with van der Waals surface area (Å²) in [5.74, 6) is 0.764. The van der Waals surface area contributed by atoms with Crippen LogP contribution >= 0.6 is 24.0 Å². The van der Waals surface area contributed by atoms with Crippen molar-refractivity contribution in [3.05, 3.63) is 35.4 Å². The summed E-state index contributed by atoms with van der Waals surface area (Å²) in [5.41, 5.74) is 1.70. The number of carbonyl (C=O) groups excluding carboxylic acids is 1. The van der Waals surface area contributed by atoms with Gasteiger partial charge in [0.2, 0.25) is 0 Å². The molecule has 1 aromatic rings. The largest absolute Gasteiger partial charge is 0.378 e. The highest BCUT2D eigenvalue weighted by Crippen LogP contribution is 2.51. The Morgan fingerprint density at radius 1 is 1.32 bits per heavy atom. The highest BCUT2D eigenvalue weighted by atomic mass is 127. The van der Waals surface area contributed by atoms with Crippen molar-refractivity contribution in [3.8, 4) is 0 Å². The fraction of sp³-hybridized carbons (Fsp3) is 0.619. The zero-order valence-electron chi connectivity index (χ0n) is 17.9. The Labute approximate surface area is 186 Å². The quantitative estimate of drug-likeness (QED) is 0.305. The predicted molar refractivity (Wildman–Crippen MR) is 126 cm³/mol. The van der Waals surface area contributed by atoms with Crippen LogP contribution in [0.3, 0.4) is 0 Å². The molecule has 1 amide bonds. The average Bonchev–Trinajstić information content (AvgIpc) is 2.67. The van der Waals surface area contributed by atoms with Gasteiger partial charge in [0, 0.05) is 44.3 Å². The minimum Gasteiger partial charge on any atom is -0.378 e. The highest BCUT2D eigenvalue weighted by Gasteiger charge is 2.58. The Balaban J connectivity index is 0.00000392. The molecule has 0 aromatic heterocycles. The van der Waals surface area contributed by atoms with Gasteiger partial charge >= 0.3 is 0 Å². The van der Waals surface area contributed by atoms with Crippen LogP contribution < -0.4 is 16.0 Å². The van der Waals surface area contributed by atoms with Crippen LogP contribution in [-0.4, -0.2) is 50.8 Å². The number of methoxy groups -OCH3 is 1. The number of hydrogen-bond acceptors (Lipinski definition) is 3. The first-order valence-electron chi connectivity index (χ1n) is 9.68. The summed E-state index contributed by atoms with van der Waals surface area (Å²) in [5, 5.41) is 9.53. The van der Waals surface area contributed by atoms with E-state index in [9.17, 15) is 4.79 Å². The van der Waals surface area contributed by atoms with Crippen LogP contribution in [0.25, 0.3) is 0 Å². The van der Waals surface area contributed by atoms with Gasteiger partial charge in [-0.25, -0.2) is 0 Å². The zero-order valence-corrected chi connectivity index (χ0v) is 20.2. The smallest absolute Gasteiger partial charge is 0.251 e. The molecule has 0 bridgehead atoms. The van der Waals surface area contributed by atoms with Crippen LogP contribution in [0.1, 0.15) is 50.0 Å². The molecule has 28 heavy (non-hydrogen) atoms. The van der Waals surface area contributed by atoms with Gasteiger partial charge in [-0.3, -0.25) is 9.79 Å². The second kappa shape index (κ2) is 10.4. The number of benzene rings is 1. The van der Waals surface area contributed by atoms with Gasteiger partial charge in [0.25, 0.3) is 5.91 Å². The average molecular weight is 502 g/mol. The molecule has 0 saturated heterocycles. The van der Waals surface area contributed by atoms with Crippen LogP contribution in [0.4, 0.5) is 0 Å². The summed E-state index contributed by atoms with van der Waals surface area (Å²) in [6.45, 7) is 10.1. The van der Waals surface area contributed by atoms with Crippen LogP contribution in [0, 0.1) is 5.41 Å². The van der Waals surface area contributed by atoms with Crippen molar-refractivity contribution in [2.75, 3.05) is 27.2 Å². The molecule has 0 radical (unpaired) electrons. The summed E-state index contributed by atoms with van der Waals surface area (Å²) in [4.78, 5) is 16.5. The highest BCUT2D eigenvalue weighted by molar-refractivity contribution is 14.0. The van der Waals surface area contributed by atoms with E-state index in [1.807, 2.05) is 24.3 Å². The van der Waals surface area contributed by atoms with E-state index < -0.39 is 0 Å². The molecule has 6 nitrogen and oxygen atoms in total. The van der Waals surface area contributed by atoms with Crippen LogP contribution in [0.2, 0.25) is 0 Å². The van der Waals surface area contributed by atoms with Crippen molar-refractivity contribution in [3.63, 3.8) is 0 Å². The first kappa shape index (κ1) is 24.7. The van der Waals surface area contributed by atoms with E-state index in [4.69, 9.17) is 9.73 Å². The van der Waals surface area contributed by atoms with Gasteiger partial charge in [-0.15, -0.1) is 24.0 Å². The van der Waals surface area contributed by atoms with Gasteiger partial charge in [-0.2, -0.15) is 0 Å². The molecule has 0 spiro atoms. The number of halogens is 1. The lowest BCUT2D eigenvalue weighted by atomic mass is 9.56. The van der Waals surface area contributed by atoms with Gasteiger partial charge in [-0.1, -0.05) is 26.0 Å². The molecule has 0 aliphatic heterocycles. The van der Waals surface area contributed by atoms with E-state index in [-0.39, 0.29) is 40.9 Å². The van der Waals surface area contributed by atoms with Crippen molar-refractivity contribution in [1.82, 2.24) is 16.0 Å². The van der Waals surface area contributed by atoms with Gasteiger partial charge in [0.05, 0.1) is 5.60 Å². The molecule has 2 atom stereocenters. The number of ether oxygens (including phenoxy) is 1. The normalized spacial score (nSPS) is 23.2. The van der Waals surface area contributed by atoms with Gasteiger partial charge in [0.15, 0.2) is 5.96 Å². The van der Waals surface area contributed by atoms with Crippen molar-refractivity contribution in [2.24, 2.45) is 10.4 Å². The van der Waals surface area contributed by atoms with E-state index in [1.165, 1.54) is 0 Å². The molecule has 1 aromatic carbocycles. The predicted octanol–water partition coefficient (Wildman–Crippen LogP) is 2.97. The van der Waals surface area contributed by atoms with E-state index in [0.29, 0.717) is 18.2 Å². The van der Waals surface area contributed by atoms with E-state index in [2.05, 4.69) is 43.6 Å². The topological polar surface area (TPSA) is 74.8 Å². The SMILES string of the molecule is CCNC(=NCCc1cccc(C(=O)NC)c1)NC1CC(C)(OC)C1(C)C.I. The number of carbonyl (C=O) groups is 1. The molecular formula is C21H35IN4O2. The molecule has 1 aliphatic carbocycles. The monoisotopic (exact) mass is 502 g/mol. The third-order valence-electron chi connectivity index (χ3n) is 6.02. The van der Waals surface area contributed by atoms with Gasteiger partial charge in [0.1, 0.15) is 0 Å². The third kappa shape index (κ3) is 5.37. The van der Waals surface area contributed by atoms with Crippen LogP contribution in [-0.2, 0) is 11.2 Å². The molecule has 1 aliphatic rings. The summed E-state index contributed by atoms with van der Waals surface area (Å²) in [7, 11) is 3.42.